The maximum atomic E-state index is 4.38. The van der Waals surface area contributed by atoms with Gasteiger partial charge in [-0.15, -0.1) is 0 Å². The van der Waals surface area contributed by atoms with Crippen LogP contribution < -0.4 is 10.6 Å². The molecule has 1 unspecified atom stereocenters. The van der Waals surface area contributed by atoms with Crippen LogP contribution in [0.4, 0.5) is 5.95 Å². The van der Waals surface area contributed by atoms with Gasteiger partial charge in [0.25, 0.3) is 0 Å². The fourth-order valence-electron chi connectivity index (χ4n) is 2.32. The summed E-state index contributed by atoms with van der Waals surface area (Å²) in [6.45, 7) is 9.96. The zero-order valence-electron chi connectivity index (χ0n) is 11.2. The van der Waals surface area contributed by atoms with Crippen molar-refractivity contribution < 1.29 is 0 Å². The smallest absolute Gasteiger partial charge is 0.203 e. The Hall–Kier alpha value is -1.03. The summed E-state index contributed by atoms with van der Waals surface area (Å²) in [7, 11) is 0. The Kier molecular flexibility index (Phi) is 3.72. The maximum absolute atomic E-state index is 4.38. The molecule has 0 aliphatic carbocycles. The van der Waals surface area contributed by atoms with E-state index >= 15 is 0 Å². The average molecular weight is 236 g/mol. The molecule has 1 aliphatic rings. The van der Waals surface area contributed by atoms with Crippen LogP contribution in [0.2, 0.25) is 0 Å². The number of nitrogens with one attached hydrogen (secondary N) is 2. The largest absolute Gasteiger partial charge is 0.356 e. The number of anilines is 1. The van der Waals surface area contributed by atoms with Gasteiger partial charge in [-0.3, -0.25) is 0 Å². The molecule has 2 N–H and O–H groups in total. The van der Waals surface area contributed by atoms with Gasteiger partial charge in [-0.25, -0.2) is 4.98 Å². The Morgan fingerprint density at radius 2 is 2.35 bits per heavy atom. The molecule has 96 valence electrons. The molecule has 0 saturated carbocycles. The lowest BCUT2D eigenvalue weighted by molar-refractivity contribution is 0.400. The van der Waals surface area contributed by atoms with Gasteiger partial charge >= 0.3 is 0 Å². The second-order valence-corrected chi connectivity index (χ2v) is 5.87. The van der Waals surface area contributed by atoms with Crippen LogP contribution >= 0.6 is 0 Å². The van der Waals surface area contributed by atoms with Crippen molar-refractivity contribution in [2.75, 3.05) is 25.0 Å². The molecule has 1 aromatic heterocycles. The molecule has 4 nitrogen and oxygen atoms in total. The van der Waals surface area contributed by atoms with Crippen LogP contribution in [0.1, 0.15) is 33.6 Å². The Morgan fingerprint density at radius 3 is 3.00 bits per heavy atom. The molecule has 1 fully saturated rings. The van der Waals surface area contributed by atoms with E-state index in [4.69, 9.17) is 0 Å². The van der Waals surface area contributed by atoms with Crippen molar-refractivity contribution in [3.05, 3.63) is 12.4 Å². The normalized spacial score (nSPS) is 20.8. The van der Waals surface area contributed by atoms with Crippen LogP contribution in [0.25, 0.3) is 0 Å². The fraction of sp³-hybridized carbons (Fsp3) is 0.769. The lowest BCUT2D eigenvalue weighted by atomic mass is 10.1. The van der Waals surface area contributed by atoms with Crippen LogP contribution in [0.5, 0.6) is 0 Å². The minimum absolute atomic E-state index is 0.0910. The van der Waals surface area contributed by atoms with Gasteiger partial charge in [-0.2, -0.15) is 0 Å². The third-order valence-corrected chi connectivity index (χ3v) is 3.36. The summed E-state index contributed by atoms with van der Waals surface area (Å²) in [5, 5.41) is 6.85. The van der Waals surface area contributed by atoms with Gasteiger partial charge in [0.2, 0.25) is 5.95 Å². The second-order valence-electron chi connectivity index (χ2n) is 5.87. The molecule has 0 amide bonds. The van der Waals surface area contributed by atoms with Crippen LogP contribution in [0.3, 0.4) is 0 Å². The van der Waals surface area contributed by atoms with Crippen molar-refractivity contribution in [1.29, 1.82) is 0 Å². The highest BCUT2D eigenvalue weighted by Gasteiger charge is 2.17. The standard InChI is InChI=1S/C13H24N4/c1-13(2,3)17-9-8-16-12(17)15-7-5-11-4-6-14-10-11/h8-9,11,14H,4-7,10H2,1-3H3,(H,15,16). The minimum Gasteiger partial charge on any atom is -0.356 e. The van der Waals surface area contributed by atoms with Crippen LogP contribution in [-0.2, 0) is 5.54 Å². The fourth-order valence-corrected chi connectivity index (χ4v) is 2.32. The van der Waals surface area contributed by atoms with E-state index in [-0.39, 0.29) is 5.54 Å². The highest BCUT2D eigenvalue weighted by atomic mass is 15.2. The van der Waals surface area contributed by atoms with E-state index in [9.17, 15) is 0 Å². The quantitative estimate of drug-likeness (QED) is 0.840. The Morgan fingerprint density at radius 1 is 1.53 bits per heavy atom. The molecule has 2 heterocycles. The topological polar surface area (TPSA) is 41.9 Å². The molecular weight excluding hydrogens is 212 g/mol. The average Bonchev–Trinajstić information content (AvgIpc) is 2.86. The Balaban J connectivity index is 1.84. The van der Waals surface area contributed by atoms with E-state index in [1.54, 1.807) is 0 Å². The van der Waals surface area contributed by atoms with E-state index in [0.717, 1.165) is 18.4 Å². The van der Waals surface area contributed by atoms with Gasteiger partial charge in [0.05, 0.1) is 0 Å². The van der Waals surface area contributed by atoms with Gasteiger partial charge in [-0.05, 0) is 52.6 Å². The molecule has 0 bridgehead atoms. The number of aromatic nitrogens is 2. The summed E-state index contributed by atoms with van der Waals surface area (Å²) in [5.74, 6) is 1.82. The summed E-state index contributed by atoms with van der Waals surface area (Å²) in [5.41, 5.74) is 0.0910. The van der Waals surface area contributed by atoms with E-state index < -0.39 is 0 Å². The Labute approximate surface area is 104 Å². The zero-order valence-corrected chi connectivity index (χ0v) is 11.2. The SMILES string of the molecule is CC(C)(C)n1ccnc1NCCC1CCNC1. The summed E-state index contributed by atoms with van der Waals surface area (Å²) >= 11 is 0. The van der Waals surface area contributed by atoms with Crippen molar-refractivity contribution in [3.8, 4) is 0 Å². The maximum Gasteiger partial charge on any atom is 0.203 e. The van der Waals surface area contributed by atoms with Crippen LogP contribution in [0.15, 0.2) is 12.4 Å². The first-order valence-electron chi connectivity index (χ1n) is 6.56. The molecule has 1 aromatic rings. The van der Waals surface area contributed by atoms with Gasteiger partial charge in [0.1, 0.15) is 0 Å². The third-order valence-electron chi connectivity index (χ3n) is 3.36. The minimum atomic E-state index is 0.0910. The molecule has 1 atom stereocenters. The number of hydrogen-bond donors (Lipinski definition) is 2. The first kappa shape index (κ1) is 12.4. The summed E-state index contributed by atoms with van der Waals surface area (Å²) in [6, 6.07) is 0. The van der Waals surface area contributed by atoms with Crippen molar-refractivity contribution in [1.82, 2.24) is 14.9 Å². The third kappa shape index (κ3) is 3.22. The molecule has 4 heteroatoms. The van der Waals surface area contributed by atoms with Crippen molar-refractivity contribution >= 4 is 5.95 Å². The molecule has 1 aliphatic heterocycles. The molecular formula is C13H24N4. The lowest BCUT2D eigenvalue weighted by Gasteiger charge is -2.23. The highest BCUT2D eigenvalue weighted by Crippen LogP contribution is 2.19. The van der Waals surface area contributed by atoms with Crippen LogP contribution in [-0.4, -0.2) is 29.2 Å². The van der Waals surface area contributed by atoms with E-state index in [1.165, 1.54) is 25.9 Å². The first-order valence-corrected chi connectivity index (χ1v) is 6.56. The summed E-state index contributed by atoms with van der Waals surface area (Å²) < 4.78 is 2.19. The first-order chi connectivity index (χ1) is 8.07. The van der Waals surface area contributed by atoms with Crippen molar-refractivity contribution in [3.63, 3.8) is 0 Å². The number of rotatable bonds is 4. The molecule has 2 rings (SSSR count). The van der Waals surface area contributed by atoms with E-state index in [2.05, 4.69) is 41.0 Å². The predicted octanol–water partition coefficient (Wildman–Crippen LogP) is 2.05. The highest BCUT2D eigenvalue weighted by molar-refractivity contribution is 5.27. The molecule has 17 heavy (non-hydrogen) atoms. The van der Waals surface area contributed by atoms with Gasteiger partial charge in [0, 0.05) is 24.5 Å². The molecule has 1 saturated heterocycles. The van der Waals surface area contributed by atoms with Gasteiger partial charge in [-0.1, -0.05) is 0 Å². The predicted molar refractivity (Wildman–Crippen MR) is 71.3 cm³/mol. The van der Waals surface area contributed by atoms with Crippen molar-refractivity contribution in [2.24, 2.45) is 5.92 Å². The number of hydrogen-bond acceptors (Lipinski definition) is 3. The van der Waals surface area contributed by atoms with Crippen LogP contribution in [0, 0.1) is 5.92 Å². The van der Waals surface area contributed by atoms with Gasteiger partial charge in [0.15, 0.2) is 0 Å². The molecule has 0 spiro atoms. The zero-order chi connectivity index (χ0) is 12.3. The van der Waals surface area contributed by atoms with Crippen molar-refractivity contribution in [2.45, 2.75) is 39.2 Å². The van der Waals surface area contributed by atoms with E-state index in [1.807, 2.05) is 12.4 Å². The molecule has 0 aromatic carbocycles. The summed E-state index contributed by atoms with van der Waals surface area (Å²) in [6.07, 6.45) is 6.45. The van der Waals surface area contributed by atoms with Gasteiger partial charge < -0.3 is 15.2 Å². The monoisotopic (exact) mass is 236 g/mol. The number of imidazole rings is 1. The lowest BCUT2D eigenvalue weighted by Crippen LogP contribution is -2.24. The number of nitrogens with zero attached hydrogens (tertiary/aromatic N) is 2. The van der Waals surface area contributed by atoms with E-state index in [0.29, 0.717) is 0 Å². The Bertz CT molecular complexity index is 345. The summed E-state index contributed by atoms with van der Waals surface area (Å²) in [4.78, 5) is 4.38. The molecule has 0 radical (unpaired) electrons. The second kappa shape index (κ2) is 5.08.